The third-order valence-corrected chi connectivity index (χ3v) is 3.46. The molecule has 2 aromatic heterocycles. The molecule has 4 nitrogen and oxygen atoms in total. The lowest BCUT2D eigenvalue weighted by Gasteiger charge is -2.13. The van der Waals surface area contributed by atoms with Gasteiger partial charge in [0, 0.05) is 30.7 Å². The van der Waals surface area contributed by atoms with Gasteiger partial charge < -0.3 is 5.32 Å². The first-order valence-electron chi connectivity index (χ1n) is 5.41. The number of hydrogen-bond donors (Lipinski definition) is 1. The SMILES string of the molecule is CCC(NCc1cn(C)nn1)c1cccs1. The second kappa shape index (κ2) is 5.23. The zero-order valence-corrected chi connectivity index (χ0v) is 10.4. The highest BCUT2D eigenvalue weighted by molar-refractivity contribution is 7.10. The summed E-state index contributed by atoms with van der Waals surface area (Å²) in [6.45, 7) is 2.96. The average Bonchev–Trinajstić information content (AvgIpc) is 2.91. The average molecular weight is 236 g/mol. The van der Waals surface area contributed by atoms with E-state index in [1.165, 1.54) is 4.88 Å². The van der Waals surface area contributed by atoms with Crippen LogP contribution in [0.2, 0.25) is 0 Å². The van der Waals surface area contributed by atoms with Crippen molar-refractivity contribution in [3.63, 3.8) is 0 Å². The molecule has 86 valence electrons. The van der Waals surface area contributed by atoms with E-state index in [4.69, 9.17) is 0 Å². The number of thiophene rings is 1. The van der Waals surface area contributed by atoms with Crippen molar-refractivity contribution in [2.75, 3.05) is 0 Å². The first kappa shape index (κ1) is 11.3. The molecule has 0 aromatic carbocycles. The van der Waals surface area contributed by atoms with Crippen LogP contribution < -0.4 is 5.32 Å². The summed E-state index contributed by atoms with van der Waals surface area (Å²) >= 11 is 1.79. The van der Waals surface area contributed by atoms with Crippen molar-refractivity contribution < 1.29 is 0 Å². The monoisotopic (exact) mass is 236 g/mol. The van der Waals surface area contributed by atoms with Gasteiger partial charge in [0.05, 0.1) is 5.69 Å². The van der Waals surface area contributed by atoms with Gasteiger partial charge in [-0.15, -0.1) is 16.4 Å². The van der Waals surface area contributed by atoms with Crippen molar-refractivity contribution in [3.05, 3.63) is 34.3 Å². The molecule has 1 N–H and O–H groups in total. The summed E-state index contributed by atoms with van der Waals surface area (Å²) in [4.78, 5) is 1.38. The minimum Gasteiger partial charge on any atom is -0.303 e. The summed E-state index contributed by atoms with van der Waals surface area (Å²) in [5.74, 6) is 0. The molecule has 0 saturated carbocycles. The maximum Gasteiger partial charge on any atom is 0.0964 e. The Hall–Kier alpha value is -1.20. The summed E-state index contributed by atoms with van der Waals surface area (Å²) < 4.78 is 1.73. The fraction of sp³-hybridized carbons (Fsp3) is 0.455. The normalized spacial score (nSPS) is 12.9. The summed E-state index contributed by atoms with van der Waals surface area (Å²) in [5, 5.41) is 13.6. The van der Waals surface area contributed by atoms with Gasteiger partial charge in [-0.3, -0.25) is 4.68 Å². The molecule has 0 spiro atoms. The Morgan fingerprint density at radius 1 is 1.56 bits per heavy atom. The largest absolute Gasteiger partial charge is 0.303 e. The zero-order valence-electron chi connectivity index (χ0n) is 9.55. The van der Waals surface area contributed by atoms with Gasteiger partial charge in [-0.1, -0.05) is 18.2 Å². The lowest BCUT2D eigenvalue weighted by Crippen LogP contribution is -2.19. The number of nitrogens with one attached hydrogen (secondary N) is 1. The molecule has 2 rings (SSSR count). The number of rotatable bonds is 5. The molecule has 16 heavy (non-hydrogen) atoms. The van der Waals surface area contributed by atoms with Crippen LogP contribution in [-0.4, -0.2) is 15.0 Å². The molecule has 5 heteroatoms. The number of aromatic nitrogens is 3. The van der Waals surface area contributed by atoms with Crippen LogP contribution in [0.4, 0.5) is 0 Å². The van der Waals surface area contributed by atoms with E-state index < -0.39 is 0 Å². The van der Waals surface area contributed by atoms with Gasteiger partial charge in [0.15, 0.2) is 0 Å². The van der Waals surface area contributed by atoms with Gasteiger partial charge in [0.2, 0.25) is 0 Å². The van der Waals surface area contributed by atoms with Gasteiger partial charge in [-0.2, -0.15) is 0 Å². The molecule has 0 fully saturated rings. The second-order valence-corrected chi connectivity index (χ2v) is 4.72. The van der Waals surface area contributed by atoms with E-state index in [9.17, 15) is 0 Å². The van der Waals surface area contributed by atoms with Gasteiger partial charge in [0.25, 0.3) is 0 Å². The fourth-order valence-corrected chi connectivity index (χ4v) is 2.53. The lowest BCUT2D eigenvalue weighted by molar-refractivity contribution is 0.521. The number of aryl methyl sites for hydroxylation is 1. The topological polar surface area (TPSA) is 42.7 Å². The van der Waals surface area contributed by atoms with Gasteiger partial charge in [0.1, 0.15) is 0 Å². The summed E-state index contributed by atoms with van der Waals surface area (Å²) in [7, 11) is 1.88. The van der Waals surface area contributed by atoms with E-state index >= 15 is 0 Å². The Morgan fingerprint density at radius 3 is 3.00 bits per heavy atom. The predicted molar refractivity (Wildman–Crippen MR) is 65.2 cm³/mol. The molecule has 0 bridgehead atoms. The maximum absolute atomic E-state index is 4.06. The van der Waals surface area contributed by atoms with E-state index in [1.807, 2.05) is 13.2 Å². The molecule has 1 unspecified atom stereocenters. The van der Waals surface area contributed by atoms with E-state index in [2.05, 4.69) is 40.1 Å². The van der Waals surface area contributed by atoms with Crippen molar-refractivity contribution in [1.29, 1.82) is 0 Å². The first-order chi connectivity index (χ1) is 7.79. The molecule has 0 radical (unpaired) electrons. The minimum absolute atomic E-state index is 0.419. The first-order valence-corrected chi connectivity index (χ1v) is 6.29. The van der Waals surface area contributed by atoms with Gasteiger partial charge in [-0.05, 0) is 17.9 Å². The van der Waals surface area contributed by atoms with Crippen molar-refractivity contribution in [1.82, 2.24) is 20.3 Å². The molecule has 0 aliphatic carbocycles. The van der Waals surface area contributed by atoms with Gasteiger partial charge >= 0.3 is 0 Å². The standard InChI is InChI=1S/C11H16N4S/c1-3-10(11-5-4-6-16-11)12-7-9-8-15(2)14-13-9/h4-6,8,10,12H,3,7H2,1-2H3. The molecule has 2 aromatic rings. The maximum atomic E-state index is 4.06. The second-order valence-electron chi connectivity index (χ2n) is 3.74. The highest BCUT2D eigenvalue weighted by Crippen LogP contribution is 2.21. The zero-order chi connectivity index (χ0) is 11.4. The Bertz CT molecular complexity index is 421. The van der Waals surface area contributed by atoms with Crippen LogP contribution in [0.25, 0.3) is 0 Å². The molecular formula is C11H16N4S. The summed E-state index contributed by atoms with van der Waals surface area (Å²) in [6, 6.07) is 4.68. The quantitative estimate of drug-likeness (QED) is 0.864. The van der Waals surface area contributed by atoms with Crippen LogP contribution in [0.15, 0.2) is 23.7 Å². The number of nitrogens with zero attached hydrogens (tertiary/aromatic N) is 3. The highest BCUT2D eigenvalue weighted by atomic mass is 32.1. The van der Waals surface area contributed by atoms with Crippen molar-refractivity contribution in [3.8, 4) is 0 Å². The third-order valence-electron chi connectivity index (χ3n) is 2.47. The third kappa shape index (κ3) is 2.68. The molecule has 0 amide bonds. The van der Waals surface area contributed by atoms with Crippen LogP contribution in [0.1, 0.15) is 30.0 Å². The highest BCUT2D eigenvalue weighted by Gasteiger charge is 2.10. The van der Waals surface area contributed by atoms with Crippen LogP contribution in [0.5, 0.6) is 0 Å². The van der Waals surface area contributed by atoms with E-state index in [-0.39, 0.29) is 0 Å². The van der Waals surface area contributed by atoms with E-state index in [0.29, 0.717) is 6.04 Å². The van der Waals surface area contributed by atoms with Crippen molar-refractivity contribution in [2.45, 2.75) is 25.9 Å². The van der Waals surface area contributed by atoms with Crippen LogP contribution in [0.3, 0.4) is 0 Å². The molecular weight excluding hydrogens is 220 g/mol. The van der Waals surface area contributed by atoms with E-state index in [0.717, 1.165) is 18.7 Å². The fourth-order valence-electron chi connectivity index (χ4n) is 1.64. The lowest BCUT2D eigenvalue weighted by atomic mass is 10.2. The predicted octanol–water partition coefficient (Wildman–Crippen LogP) is 2.12. The van der Waals surface area contributed by atoms with Crippen LogP contribution in [0, 0.1) is 0 Å². The molecule has 1 atom stereocenters. The van der Waals surface area contributed by atoms with Crippen molar-refractivity contribution >= 4 is 11.3 Å². The molecule has 0 aliphatic rings. The van der Waals surface area contributed by atoms with Crippen LogP contribution in [-0.2, 0) is 13.6 Å². The van der Waals surface area contributed by atoms with Crippen LogP contribution >= 0.6 is 11.3 Å². The Labute approximate surface area is 99.3 Å². The number of hydrogen-bond acceptors (Lipinski definition) is 4. The molecule has 2 heterocycles. The van der Waals surface area contributed by atoms with Gasteiger partial charge in [-0.25, -0.2) is 0 Å². The minimum atomic E-state index is 0.419. The smallest absolute Gasteiger partial charge is 0.0964 e. The molecule has 0 aliphatic heterocycles. The Balaban J connectivity index is 1.93. The van der Waals surface area contributed by atoms with E-state index in [1.54, 1.807) is 16.0 Å². The summed E-state index contributed by atoms with van der Waals surface area (Å²) in [5.41, 5.74) is 0.984. The summed E-state index contributed by atoms with van der Waals surface area (Å²) in [6.07, 6.45) is 3.02. The Kier molecular flexibility index (Phi) is 3.69. The van der Waals surface area contributed by atoms with Crippen molar-refractivity contribution in [2.24, 2.45) is 7.05 Å². The Morgan fingerprint density at radius 2 is 2.44 bits per heavy atom. The molecule has 0 saturated heterocycles.